The first-order valence-electron chi connectivity index (χ1n) is 5.57. The van der Waals surface area contributed by atoms with E-state index in [0.717, 1.165) is 4.57 Å². The van der Waals surface area contributed by atoms with Gasteiger partial charge in [0, 0.05) is 6.07 Å². The van der Waals surface area contributed by atoms with Crippen molar-refractivity contribution in [2.75, 3.05) is 17.2 Å². The first-order chi connectivity index (χ1) is 9.27. The van der Waals surface area contributed by atoms with E-state index in [0.29, 0.717) is 5.56 Å². The van der Waals surface area contributed by atoms with Gasteiger partial charge in [-0.15, -0.1) is 0 Å². The molecule has 2 aromatic rings. The molecule has 0 spiro atoms. The van der Waals surface area contributed by atoms with Crippen LogP contribution in [-0.2, 0) is 0 Å². The Morgan fingerprint density at radius 3 is 1.95 bits per heavy atom. The van der Waals surface area contributed by atoms with Crippen molar-refractivity contribution in [3.63, 3.8) is 0 Å². The van der Waals surface area contributed by atoms with E-state index in [1.807, 2.05) is 0 Å². The summed E-state index contributed by atoms with van der Waals surface area (Å²) >= 11 is 0. The summed E-state index contributed by atoms with van der Waals surface area (Å²) < 4.78 is 0.867. The summed E-state index contributed by atoms with van der Waals surface area (Å²) in [5.74, 6) is -2.03. The molecular weight excluding hydrogens is 264 g/mol. The molecule has 0 fully saturated rings. The molecule has 0 amide bonds. The monoisotopic (exact) mass is 278 g/mol. The van der Waals surface area contributed by atoms with Crippen molar-refractivity contribution >= 4 is 17.2 Å². The first kappa shape index (κ1) is 13.4. The highest BCUT2D eigenvalue weighted by Crippen LogP contribution is 2.47. The summed E-state index contributed by atoms with van der Waals surface area (Å²) in [4.78, 5) is 11.9. The molecule has 20 heavy (non-hydrogen) atoms. The molecule has 0 radical (unpaired) electrons. The minimum absolute atomic E-state index is 0.00703. The zero-order valence-electron chi connectivity index (χ0n) is 10.6. The highest BCUT2D eigenvalue weighted by molar-refractivity contribution is 5.85. The van der Waals surface area contributed by atoms with Crippen LogP contribution in [-0.4, -0.2) is 19.9 Å². The number of anilines is 3. The Balaban J connectivity index is 2.99. The fraction of sp³-hybridized carbons (Fsp3) is 0.0833. The molecule has 8 heteroatoms. The van der Waals surface area contributed by atoms with E-state index < -0.39 is 34.2 Å². The number of phenolic OH excluding ortho intramolecular Hbond substituents is 3. The van der Waals surface area contributed by atoms with Crippen molar-refractivity contribution in [2.24, 2.45) is 0 Å². The van der Waals surface area contributed by atoms with Gasteiger partial charge in [-0.1, -0.05) is 6.07 Å². The molecule has 106 valence electrons. The molecule has 0 saturated carbocycles. The zero-order valence-corrected chi connectivity index (χ0v) is 10.6. The van der Waals surface area contributed by atoms with Crippen LogP contribution in [0.25, 0.3) is 5.69 Å². The minimum Gasteiger partial charge on any atom is -0.504 e. The van der Waals surface area contributed by atoms with E-state index >= 15 is 0 Å². The molecule has 0 saturated heterocycles. The van der Waals surface area contributed by atoms with Crippen LogP contribution in [0, 0.1) is 6.92 Å². The number of pyridine rings is 1. The Bertz CT molecular complexity index is 738. The number of rotatable bonds is 1. The maximum atomic E-state index is 11.9. The van der Waals surface area contributed by atoms with Gasteiger partial charge in [-0.05, 0) is 12.5 Å². The van der Waals surface area contributed by atoms with Gasteiger partial charge in [0.25, 0.3) is 5.56 Å². The van der Waals surface area contributed by atoms with Crippen LogP contribution >= 0.6 is 0 Å². The van der Waals surface area contributed by atoms with Crippen LogP contribution < -0.4 is 22.8 Å². The maximum absolute atomic E-state index is 11.9. The fourth-order valence-electron chi connectivity index (χ4n) is 1.83. The summed E-state index contributed by atoms with van der Waals surface area (Å²) in [7, 11) is 0. The molecule has 0 aliphatic carbocycles. The number of nitrogens with two attached hydrogens (primary N) is 3. The minimum atomic E-state index is -0.686. The van der Waals surface area contributed by atoms with E-state index in [9.17, 15) is 20.1 Å². The lowest BCUT2D eigenvalue weighted by atomic mass is 10.1. The normalized spacial score (nSPS) is 10.7. The maximum Gasteiger partial charge on any atom is 0.256 e. The SMILES string of the molecule is Cc1ccc(=O)n(-c2c(O)c(N)c(O)c(N)c2O)c1N. The van der Waals surface area contributed by atoms with E-state index in [2.05, 4.69) is 0 Å². The van der Waals surface area contributed by atoms with Crippen molar-refractivity contribution in [1.82, 2.24) is 4.57 Å². The van der Waals surface area contributed by atoms with Crippen molar-refractivity contribution < 1.29 is 15.3 Å². The van der Waals surface area contributed by atoms with Crippen molar-refractivity contribution in [3.8, 4) is 22.9 Å². The highest BCUT2D eigenvalue weighted by Gasteiger charge is 2.23. The molecule has 2 rings (SSSR count). The van der Waals surface area contributed by atoms with Crippen LogP contribution in [0.15, 0.2) is 16.9 Å². The quantitative estimate of drug-likeness (QED) is 0.243. The third kappa shape index (κ3) is 1.66. The van der Waals surface area contributed by atoms with E-state index in [4.69, 9.17) is 17.2 Å². The number of aromatic nitrogens is 1. The molecule has 0 aliphatic heterocycles. The lowest BCUT2D eigenvalue weighted by Crippen LogP contribution is -2.21. The zero-order chi connectivity index (χ0) is 15.2. The molecule has 8 nitrogen and oxygen atoms in total. The second kappa shape index (κ2) is 4.26. The van der Waals surface area contributed by atoms with Gasteiger partial charge < -0.3 is 32.5 Å². The lowest BCUT2D eigenvalue weighted by Gasteiger charge is -2.17. The summed E-state index contributed by atoms with van der Waals surface area (Å²) in [6.07, 6.45) is 0. The predicted octanol–water partition coefficient (Wildman–Crippen LogP) is 0.00932. The number of nitrogens with zero attached hydrogens (tertiary/aromatic N) is 1. The Kier molecular flexibility index (Phi) is 2.86. The van der Waals surface area contributed by atoms with Gasteiger partial charge in [-0.25, -0.2) is 0 Å². The summed E-state index contributed by atoms with van der Waals surface area (Å²) in [6, 6.07) is 2.71. The lowest BCUT2D eigenvalue weighted by molar-refractivity contribution is 0.431. The first-order valence-corrected chi connectivity index (χ1v) is 5.57. The molecule has 0 aliphatic rings. The molecule has 0 atom stereocenters. The number of aromatic hydroxyl groups is 3. The molecule has 0 bridgehead atoms. The van der Waals surface area contributed by atoms with Gasteiger partial charge in [0.05, 0.1) is 0 Å². The van der Waals surface area contributed by atoms with Crippen LogP contribution in [0.1, 0.15) is 5.56 Å². The number of benzene rings is 1. The summed E-state index contributed by atoms with van der Waals surface area (Å²) in [6.45, 7) is 1.65. The largest absolute Gasteiger partial charge is 0.504 e. The third-order valence-electron chi connectivity index (χ3n) is 3.03. The molecule has 1 aromatic carbocycles. The molecule has 0 unspecified atom stereocenters. The second-order valence-corrected chi connectivity index (χ2v) is 4.30. The molecular formula is C12H14N4O4. The number of hydrogen-bond donors (Lipinski definition) is 6. The Labute approximate surface area is 113 Å². The smallest absolute Gasteiger partial charge is 0.256 e. The number of nitrogen functional groups attached to an aromatic ring is 3. The van der Waals surface area contributed by atoms with Gasteiger partial charge in [-0.3, -0.25) is 9.36 Å². The summed E-state index contributed by atoms with van der Waals surface area (Å²) in [5, 5.41) is 29.5. The predicted molar refractivity (Wildman–Crippen MR) is 75.0 cm³/mol. The number of phenols is 3. The molecule has 9 N–H and O–H groups in total. The average Bonchev–Trinajstić information content (AvgIpc) is 2.42. The van der Waals surface area contributed by atoms with Gasteiger partial charge in [0.2, 0.25) is 0 Å². The van der Waals surface area contributed by atoms with Crippen molar-refractivity contribution in [1.29, 1.82) is 0 Å². The van der Waals surface area contributed by atoms with E-state index in [1.54, 1.807) is 6.92 Å². The van der Waals surface area contributed by atoms with Gasteiger partial charge in [0.15, 0.2) is 17.2 Å². The summed E-state index contributed by atoms with van der Waals surface area (Å²) in [5.41, 5.74) is 15.4. The molecule has 1 aromatic heterocycles. The van der Waals surface area contributed by atoms with Crippen LogP contribution in [0.5, 0.6) is 17.2 Å². The van der Waals surface area contributed by atoms with Gasteiger partial charge in [0.1, 0.15) is 22.9 Å². The van der Waals surface area contributed by atoms with Crippen LogP contribution in [0.2, 0.25) is 0 Å². The van der Waals surface area contributed by atoms with Crippen molar-refractivity contribution in [3.05, 3.63) is 28.0 Å². The van der Waals surface area contributed by atoms with Crippen LogP contribution in [0.3, 0.4) is 0 Å². The van der Waals surface area contributed by atoms with Crippen molar-refractivity contribution in [2.45, 2.75) is 6.92 Å². The van der Waals surface area contributed by atoms with Gasteiger partial charge in [-0.2, -0.15) is 0 Å². The number of hydrogen-bond acceptors (Lipinski definition) is 7. The average molecular weight is 278 g/mol. The fourth-order valence-corrected chi connectivity index (χ4v) is 1.83. The molecule has 1 heterocycles. The Hall–Kier alpha value is -3.03. The standard InChI is InChI=1S/C12H14N4O4/c1-4-2-3-5(17)16(12(4)15)8-10(19)6(13)9(18)7(14)11(8)20/h2-3,18-20H,13-15H2,1H3. The van der Waals surface area contributed by atoms with E-state index in [-0.39, 0.29) is 11.5 Å². The Morgan fingerprint density at radius 1 is 0.950 bits per heavy atom. The van der Waals surface area contributed by atoms with E-state index in [1.165, 1.54) is 12.1 Å². The topological polar surface area (TPSA) is 161 Å². The Morgan fingerprint density at radius 2 is 1.45 bits per heavy atom. The van der Waals surface area contributed by atoms with Crippen LogP contribution in [0.4, 0.5) is 17.2 Å². The second-order valence-electron chi connectivity index (χ2n) is 4.30. The number of aryl methyl sites for hydroxylation is 1. The highest BCUT2D eigenvalue weighted by atomic mass is 16.3. The third-order valence-corrected chi connectivity index (χ3v) is 3.03. The van der Waals surface area contributed by atoms with Gasteiger partial charge >= 0.3 is 0 Å².